The van der Waals surface area contributed by atoms with E-state index in [0.29, 0.717) is 32.1 Å². The van der Waals surface area contributed by atoms with Crippen molar-refractivity contribution in [2.75, 3.05) is 14.2 Å². The Bertz CT molecular complexity index is 656. The van der Waals surface area contributed by atoms with Crippen LogP contribution in [-0.4, -0.2) is 20.0 Å². The lowest BCUT2D eigenvalue weighted by Gasteiger charge is -2.11. The monoisotopic (exact) mass is 354 g/mol. The van der Waals surface area contributed by atoms with E-state index in [1.165, 1.54) is 7.11 Å². The first-order chi connectivity index (χ1) is 9.58. The molecule has 0 radical (unpaired) electrons. The molecule has 2 rings (SSSR count). The van der Waals surface area contributed by atoms with E-state index in [-0.39, 0.29) is 5.78 Å². The molecule has 0 bridgehead atoms. The molecule has 0 unspecified atom stereocenters. The van der Waals surface area contributed by atoms with Gasteiger partial charge < -0.3 is 9.47 Å². The summed E-state index contributed by atoms with van der Waals surface area (Å²) in [6.07, 6.45) is 0. The minimum Gasteiger partial charge on any atom is -0.493 e. The fraction of sp³-hybridized carbons (Fsp3) is 0.133. The van der Waals surface area contributed by atoms with Crippen molar-refractivity contribution in [1.82, 2.24) is 0 Å². The number of carbonyl (C=O) groups excluding carboxylic acids is 1. The third kappa shape index (κ3) is 2.81. The SMILES string of the molecule is COc1cc(Br)c(C(=O)c2ccccc2Cl)cc1OC. The third-order valence-electron chi connectivity index (χ3n) is 2.84. The van der Waals surface area contributed by atoms with Crippen molar-refractivity contribution in [3.63, 3.8) is 0 Å². The Kier molecular flexibility index (Phi) is 4.68. The van der Waals surface area contributed by atoms with Gasteiger partial charge in [0.25, 0.3) is 0 Å². The van der Waals surface area contributed by atoms with Crippen LogP contribution in [0.5, 0.6) is 11.5 Å². The number of rotatable bonds is 4. The number of carbonyl (C=O) groups is 1. The van der Waals surface area contributed by atoms with Gasteiger partial charge >= 0.3 is 0 Å². The van der Waals surface area contributed by atoms with E-state index >= 15 is 0 Å². The van der Waals surface area contributed by atoms with Gasteiger partial charge in [0, 0.05) is 15.6 Å². The average molecular weight is 356 g/mol. The smallest absolute Gasteiger partial charge is 0.195 e. The van der Waals surface area contributed by atoms with Crippen LogP contribution in [0.2, 0.25) is 5.02 Å². The Morgan fingerprint density at radius 2 is 1.65 bits per heavy atom. The third-order valence-corrected chi connectivity index (χ3v) is 3.82. The Labute approximate surface area is 130 Å². The van der Waals surface area contributed by atoms with E-state index in [1.807, 2.05) is 0 Å². The lowest BCUT2D eigenvalue weighted by molar-refractivity contribution is 0.103. The number of benzene rings is 2. The summed E-state index contributed by atoms with van der Waals surface area (Å²) in [6, 6.07) is 10.3. The van der Waals surface area contributed by atoms with Crippen molar-refractivity contribution in [2.45, 2.75) is 0 Å². The van der Waals surface area contributed by atoms with Gasteiger partial charge in [-0.3, -0.25) is 4.79 Å². The molecule has 0 heterocycles. The van der Waals surface area contributed by atoms with E-state index in [2.05, 4.69) is 15.9 Å². The molecule has 0 amide bonds. The number of ketones is 1. The van der Waals surface area contributed by atoms with Crippen molar-refractivity contribution in [3.05, 3.63) is 57.0 Å². The van der Waals surface area contributed by atoms with Gasteiger partial charge in [0.1, 0.15) is 0 Å². The first kappa shape index (κ1) is 14.9. The Morgan fingerprint density at radius 3 is 2.25 bits per heavy atom. The summed E-state index contributed by atoms with van der Waals surface area (Å²) in [5.74, 6) is 0.865. The predicted octanol–water partition coefficient (Wildman–Crippen LogP) is 4.35. The molecule has 2 aromatic rings. The summed E-state index contributed by atoms with van der Waals surface area (Å²) < 4.78 is 11.0. The molecule has 3 nitrogen and oxygen atoms in total. The largest absolute Gasteiger partial charge is 0.493 e. The fourth-order valence-electron chi connectivity index (χ4n) is 1.82. The summed E-state index contributed by atoms with van der Waals surface area (Å²) in [4.78, 5) is 12.5. The zero-order valence-corrected chi connectivity index (χ0v) is 13.3. The van der Waals surface area contributed by atoms with Gasteiger partial charge in [-0.05, 0) is 40.2 Å². The number of hydrogen-bond acceptors (Lipinski definition) is 3. The van der Waals surface area contributed by atoms with E-state index < -0.39 is 0 Å². The van der Waals surface area contributed by atoms with Gasteiger partial charge in [-0.2, -0.15) is 0 Å². The molecule has 2 aromatic carbocycles. The molecule has 0 aliphatic heterocycles. The molecule has 0 aliphatic rings. The standard InChI is InChI=1S/C15H12BrClO3/c1-19-13-7-10(11(16)8-14(13)20-2)15(18)9-5-3-4-6-12(9)17/h3-8H,1-2H3. The molecule has 0 saturated heterocycles. The normalized spacial score (nSPS) is 10.2. The van der Waals surface area contributed by atoms with Crippen molar-refractivity contribution in [3.8, 4) is 11.5 Å². The first-order valence-corrected chi connectivity index (χ1v) is 6.96. The molecule has 0 N–H and O–H groups in total. The zero-order chi connectivity index (χ0) is 14.7. The van der Waals surface area contributed by atoms with Crippen molar-refractivity contribution in [2.24, 2.45) is 0 Å². The minimum absolute atomic E-state index is 0.177. The molecular formula is C15H12BrClO3. The quantitative estimate of drug-likeness (QED) is 0.765. The number of methoxy groups -OCH3 is 2. The summed E-state index contributed by atoms with van der Waals surface area (Å²) in [7, 11) is 3.06. The van der Waals surface area contributed by atoms with Gasteiger partial charge in [-0.1, -0.05) is 23.7 Å². The highest BCUT2D eigenvalue weighted by atomic mass is 79.9. The van der Waals surface area contributed by atoms with Crippen LogP contribution in [0.15, 0.2) is 40.9 Å². The van der Waals surface area contributed by atoms with Crippen LogP contribution in [0.3, 0.4) is 0 Å². The van der Waals surface area contributed by atoms with E-state index in [9.17, 15) is 4.79 Å². The minimum atomic E-state index is -0.177. The van der Waals surface area contributed by atoms with Crippen LogP contribution in [0.25, 0.3) is 0 Å². The molecule has 0 aromatic heterocycles. The summed E-state index contributed by atoms with van der Waals surface area (Å²) in [6.45, 7) is 0. The van der Waals surface area contributed by atoms with Crippen LogP contribution in [-0.2, 0) is 0 Å². The molecular weight excluding hydrogens is 344 g/mol. The average Bonchev–Trinajstić information content (AvgIpc) is 2.46. The van der Waals surface area contributed by atoms with Crippen molar-refractivity contribution < 1.29 is 14.3 Å². The second-order valence-electron chi connectivity index (χ2n) is 4.00. The van der Waals surface area contributed by atoms with Crippen LogP contribution in [0.1, 0.15) is 15.9 Å². The molecule has 0 spiro atoms. The Hall–Kier alpha value is -1.52. The van der Waals surface area contributed by atoms with Crippen molar-refractivity contribution >= 4 is 33.3 Å². The van der Waals surface area contributed by atoms with Crippen LogP contribution < -0.4 is 9.47 Å². The predicted molar refractivity (Wildman–Crippen MR) is 82.1 cm³/mol. The highest BCUT2D eigenvalue weighted by molar-refractivity contribution is 9.10. The zero-order valence-electron chi connectivity index (χ0n) is 10.9. The lowest BCUT2D eigenvalue weighted by Crippen LogP contribution is -2.04. The number of halogens is 2. The summed E-state index contributed by atoms with van der Waals surface area (Å²) in [5, 5.41) is 0.416. The Morgan fingerprint density at radius 1 is 1.05 bits per heavy atom. The van der Waals surface area contributed by atoms with Crippen LogP contribution in [0, 0.1) is 0 Å². The second kappa shape index (κ2) is 6.29. The number of ether oxygens (including phenoxy) is 2. The topological polar surface area (TPSA) is 35.5 Å². The van der Waals surface area contributed by atoms with E-state index in [4.69, 9.17) is 21.1 Å². The highest BCUT2D eigenvalue weighted by Gasteiger charge is 2.18. The van der Waals surface area contributed by atoms with E-state index in [0.717, 1.165) is 0 Å². The number of hydrogen-bond donors (Lipinski definition) is 0. The first-order valence-electron chi connectivity index (χ1n) is 5.79. The molecule has 5 heteroatoms. The fourth-order valence-corrected chi connectivity index (χ4v) is 2.54. The molecule has 0 saturated carbocycles. The molecule has 0 aliphatic carbocycles. The maximum atomic E-state index is 12.5. The van der Waals surface area contributed by atoms with Crippen molar-refractivity contribution in [1.29, 1.82) is 0 Å². The van der Waals surface area contributed by atoms with Gasteiger partial charge in [0.2, 0.25) is 0 Å². The highest BCUT2D eigenvalue weighted by Crippen LogP contribution is 2.35. The van der Waals surface area contributed by atoms with Crippen LogP contribution in [0.4, 0.5) is 0 Å². The van der Waals surface area contributed by atoms with Gasteiger partial charge in [-0.25, -0.2) is 0 Å². The maximum Gasteiger partial charge on any atom is 0.195 e. The Balaban J connectivity index is 2.53. The van der Waals surface area contributed by atoms with Gasteiger partial charge in [0.15, 0.2) is 17.3 Å². The van der Waals surface area contributed by atoms with E-state index in [1.54, 1.807) is 43.5 Å². The van der Waals surface area contributed by atoms with Gasteiger partial charge in [0.05, 0.1) is 19.2 Å². The lowest BCUT2D eigenvalue weighted by atomic mass is 10.0. The maximum absolute atomic E-state index is 12.5. The molecule has 0 fully saturated rings. The van der Waals surface area contributed by atoms with Crippen LogP contribution >= 0.6 is 27.5 Å². The molecule has 104 valence electrons. The van der Waals surface area contributed by atoms with Gasteiger partial charge in [-0.15, -0.1) is 0 Å². The summed E-state index contributed by atoms with van der Waals surface area (Å²) in [5.41, 5.74) is 0.915. The molecule has 20 heavy (non-hydrogen) atoms. The molecule has 0 atom stereocenters. The summed E-state index contributed by atoms with van der Waals surface area (Å²) >= 11 is 9.44. The second-order valence-corrected chi connectivity index (χ2v) is 5.26.